The number of para-hydroxylation sites is 1. The highest BCUT2D eigenvalue weighted by Gasteiger charge is 2.34. The average molecular weight is 303 g/mol. The largest absolute Gasteiger partial charge is 0.380 e. The predicted molar refractivity (Wildman–Crippen MR) is 87.1 cm³/mol. The second kappa shape index (κ2) is 6.26. The standard InChI is InChI=1S/C17H25N3O2/c1-17(11-22-12-17)10-19-13-5-4-8-20(9-13)15-7-3-2-6-14(15)16(18)21/h2-3,6-7,13,19H,4-5,8-12H2,1H3,(H2,18,21). The lowest BCUT2D eigenvalue weighted by Crippen LogP contribution is -2.53. The predicted octanol–water partition coefficient (Wildman–Crippen LogP) is 1.38. The molecule has 2 aliphatic heterocycles. The number of anilines is 1. The number of hydrogen-bond donors (Lipinski definition) is 2. The van der Waals surface area contributed by atoms with Crippen LogP contribution < -0.4 is 16.0 Å². The first kappa shape index (κ1) is 15.3. The number of amides is 1. The summed E-state index contributed by atoms with van der Waals surface area (Å²) in [6, 6.07) is 8.07. The van der Waals surface area contributed by atoms with Crippen LogP contribution in [0.4, 0.5) is 5.69 Å². The number of nitrogens with zero attached hydrogens (tertiary/aromatic N) is 1. The Morgan fingerprint density at radius 3 is 2.91 bits per heavy atom. The minimum atomic E-state index is -0.357. The number of piperidine rings is 1. The Hall–Kier alpha value is -1.59. The molecule has 5 heteroatoms. The molecule has 22 heavy (non-hydrogen) atoms. The van der Waals surface area contributed by atoms with Crippen LogP contribution in [0.3, 0.4) is 0 Å². The van der Waals surface area contributed by atoms with Crippen molar-refractivity contribution >= 4 is 11.6 Å². The zero-order chi connectivity index (χ0) is 15.6. The molecule has 3 rings (SSSR count). The van der Waals surface area contributed by atoms with E-state index in [2.05, 4.69) is 17.1 Å². The van der Waals surface area contributed by atoms with Gasteiger partial charge in [-0.3, -0.25) is 4.79 Å². The second-order valence-electron chi connectivity index (χ2n) is 6.85. The number of benzene rings is 1. The van der Waals surface area contributed by atoms with Gasteiger partial charge >= 0.3 is 0 Å². The summed E-state index contributed by atoms with van der Waals surface area (Å²) in [5, 5.41) is 3.67. The Bertz CT molecular complexity index is 542. The molecule has 0 aromatic heterocycles. The number of carbonyl (C=O) groups excluding carboxylic acids is 1. The molecule has 1 unspecified atom stereocenters. The first-order chi connectivity index (χ1) is 10.6. The highest BCUT2D eigenvalue weighted by atomic mass is 16.5. The maximum Gasteiger partial charge on any atom is 0.250 e. The third kappa shape index (κ3) is 3.25. The molecule has 3 N–H and O–H groups in total. The molecule has 1 aromatic rings. The fraction of sp³-hybridized carbons (Fsp3) is 0.588. The summed E-state index contributed by atoms with van der Waals surface area (Å²) in [5.41, 5.74) is 7.36. The first-order valence-electron chi connectivity index (χ1n) is 8.02. The van der Waals surface area contributed by atoms with Gasteiger partial charge in [0.25, 0.3) is 5.91 Å². The number of nitrogens with two attached hydrogens (primary N) is 1. The van der Waals surface area contributed by atoms with Gasteiger partial charge in [-0.2, -0.15) is 0 Å². The monoisotopic (exact) mass is 303 g/mol. The van der Waals surface area contributed by atoms with Gasteiger partial charge in [0.05, 0.1) is 18.8 Å². The number of carbonyl (C=O) groups is 1. The van der Waals surface area contributed by atoms with Crippen molar-refractivity contribution in [3.63, 3.8) is 0 Å². The summed E-state index contributed by atoms with van der Waals surface area (Å²) in [5.74, 6) is -0.357. The van der Waals surface area contributed by atoms with Crippen molar-refractivity contribution in [2.45, 2.75) is 25.8 Å². The topological polar surface area (TPSA) is 67.6 Å². The third-order valence-corrected chi connectivity index (χ3v) is 4.65. The van der Waals surface area contributed by atoms with Gasteiger partial charge in [0, 0.05) is 36.8 Å². The summed E-state index contributed by atoms with van der Waals surface area (Å²) in [6.45, 7) is 6.83. The molecule has 0 spiro atoms. The van der Waals surface area contributed by atoms with Crippen LogP contribution in [-0.4, -0.2) is 44.8 Å². The molecule has 120 valence electrons. The Balaban J connectivity index is 1.64. The number of rotatable bonds is 5. The van der Waals surface area contributed by atoms with Gasteiger partial charge in [-0.05, 0) is 25.0 Å². The highest BCUT2D eigenvalue weighted by Crippen LogP contribution is 2.27. The molecule has 0 saturated carbocycles. The molecule has 2 aliphatic rings. The van der Waals surface area contributed by atoms with E-state index in [1.807, 2.05) is 18.2 Å². The zero-order valence-corrected chi connectivity index (χ0v) is 13.2. The zero-order valence-electron chi connectivity index (χ0n) is 13.2. The van der Waals surface area contributed by atoms with Gasteiger partial charge in [-0.15, -0.1) is 0 Å². The molecule has 1 atom stereocenters. The van der Waals surface area contributed by atoms with Gasteiger partial charge in [0.15, 0.2) is 0 Å². The Kier molecular flexibility index (Phi) is 4.36. The van der Waals surface area contributed by atoms with E-state index in [9.17, 15) is 4.79 Å². The lowest BCUT2D eigenvalue weighted by Gasteiger charge is -2.41. The van der Waals surface area contributed by atoms with E-state index in [-0.39, 0.29) is 11.3 Å². The second-order valence-corrected chi connectivity index (χ2v) is 6.85. The molecule has 2 saturated heterocycles. The number of nitrogens with one attached hydrogen (secondary N) is 1. The van der Waals surface area contributed by atoms with E-state index in [1.165, 1.54) is 6.42 Å². The van der Waals surface area contributed by atoms with E-state index in [0.29, 0.717) is 11.6 Å². The molecular formula is C17H25N3O2. The molecule has 2 fully saturated rings. The highest BCUT2D eigenvalue weighted by molar-refractivity contribution is 5.98. The molecule has 1 aromatic carbocycles. The van der Waals surface area contributed by atoms with Crippen molar-refractivity contribution < 1.29 is 9.53 Å². The Morgan fingerprint density at radius 2 is 2.23 bits per heavy atom. The van der Waals surface area contributed by atoms with E-state index in [1.54, 1.807) is 6.07 Å². The van der Waals surface area contributed by atoms with Crippen molar-refractivity contribution in [1.82, 2.24) is 5.32 Å². The summed E-state index contributed by atoms with van der Waals surface area (Å²) in [6.07, 6.45) is 2.30. The maximum absolute atomic E-state index is 11.6. The molecule has 0 aliphatic carbocycles. The molecule has 5 nitrogen and oxygen atoms in total. The van der Waals surface area contributed by atoms with Gasteiger partial charge in [-0.25, -0.2) is 0 Å². The van der Waals surface area contributed by atoms with Gasteiger partial charge < -0.3 is 20.7 Å². The van der Waals surface area contributed by atoms with Gasteiger partial charge in [0.2, 0.25) is 0 Å². The van der Waals surface area contributed by atoms with Crippen molar-refractivity contribution in [2.75, 3.05) is 37.7 Å². The number of ether oxygens (including phenoxy) is 1. The summed E-state index contributed by atoms with van der Waals surface area (Å²) >= 11 is 0. The maximum atomic E-state index is 11.6. The molecule has 2 heterocycles. The number of primary amides is 1. The van der Waals surface area contributed by atoms with Crippen LogP contribution in [0.15, 0.2) is 24.3 Å². The normalized spacial score (nSPS) is 23.9. The van der Waals surface area contributed by atoms with Gasteiger partial charge in [-0.1, -0.05) is 19.1 Å². The Labute approximate surface area is 131 Å². The van der Waals surface area contributed by atoms with Crippen LogP contribution in [0.1, 0.15) is 30.1 Å². The third-order valence-electron chi connectivity index (χ3n) is 4.65. The quantitative estimate of drug-likeness (QED) is 0.862. The average Bonchev–Trinajstić information content (AvgIpc) is 2.51. The van der Waals surface area contributed by atoms with Crippen LogP contribution in [0.2, 0.25) is 0 Å². The van der Waals surface area contributed by atoms with Crippen molar-refractivity contribution in [3.05, 3.63) is 29.8 Å². The molecule has 0 bridgehead atoms. The van der Waals surface area contributed by atoms with Crippen LogP contribution in [0.25, 0.3) is 0 Å². The lowest BCUT2D eigenvalue weighted by molar-refractivity contribution is -0.100. The van der Waals surface area contributed by atoms with Crippen LogP contribution in [-0.2, 0) is 4.74 Å². The van der Waals surface area contributed by atoms with E-state index < -0.39 is 0 Å². The molecular weight excluding hydrogens is 278 g/mol. The summed E-state index contributed by atoms with van der Waals surface area (Å²) in [7, 11) is 0. The van der Waals surface area contributed by atoms with Crippen molar-refractivity contribution in [2.24, 2.45) is 11.1 Å². The summed E-state index contributed by atoms with van der Waals surface area (Å²) < 4.78 is 5.31. The van der Waals surface area contributed by atoms with Crippen LogP contribution >= 0.6 is 0 Å². The van der Waals surface area contributed by atoms with Gasteiger partial charge in [0.1, 0.15) is 0 Å². The Morgan fingerprint density at radius 1 is 1.45 bits per heavy atom. The van der Waals surface area contributed by atoms with E-state index in [0.717, 1.165) is 45.0 Å². The fourth-order valence-electron chi connectivity index (χ4n) is 3.26. The fourth-order valence-corrected chi connectivity index (χ4v) is 3.26. The lowest BCUT2D eigenvalue weighted by atomic mass is 9.88. The molecule has 0 radical (unpaired) electrons. The molecule has 1 amide bonds. The van der Waals surface area contributed by atoms with E-state index >= 15 is 0 Å². The van der Waals surface area contributed by atoms with E-state index in [4.69, 9.17) is 10.5 Å². The minimum Gasteiger partial charge on any atom is -0.380 e. The SMILES string of the molecule is CC1(CNC2CCCN(c3ccccc3C(N)=O)C2)COC1. The number of hydrogen-bond acceptors (Lipinski definition) is 4. The summed E-state index contributed by atoms with van der Waals surface area (Å²) in [4.78, 5) is 13.9. The van der Waals surface area contributed by atoms with Crippen molar-refractivity contribution in [3.8, 4) is 0 Å². The van der Waals surface area contributed by atoms with Crippen molar-refractivity contribution in [1.29, 1.82) is 0 Å². The van der Waals surface area contributed by atoms with Crippen LogP contribution in [0.5, 0.6) is 0 Å². The smallest absolute Gasteiger partial charge is 0.250 e. The van der Waals surface area contributed by atoms with Crippen LogP contribution in [0, 0.1) is 5.41 Å². The minimum absolute atomic E-state index is 0.285. The first-order valence-corrected chi connectivity index (χ1v) is 8.02.